The molecule has 0 fully saturated rings. The Morgan fingerprint density at radius 1 is 1.11 bits per heavy atom. The van der Waals surface area contributed by atoms with Gasteiger partial charge in [-0.25, -0.2) is 4.98 Å². The van der Waals surface area contributed by atoms with Gasteiger partial charge < -0.3 is 15.0 Å². The van der Waals surface area contributed by atoms with Gasteiger partial charge in [0.05, 0.1) is 11.9 Å². The molecule has 3 rings (SSSR count). The molecule has 27 heavy (non-hydrogen) atoms. The lowest BCUT2D eigenvalue weighted by molar-refractivity contribution is 0.101. The number of rotatable bonds is 6. The predicted molar refractivity (Wildman–Crippen MR) is 103 cm³/mol. The van der Waals surface area contributed by atoms with Crippen molar-refractivity contribution < 1.29 is 14.3 Å². The van der Waals surface area contributed by atoms with Crippen molar-refractivity contribution in [2.24, 2.45) is 0 Å². The Balaban J connectivity index is 1.65. The van der Waals surface area contributed by atoms with Crippen molar-refractivity contribution in [2.75, 3.05) is 5.32 Å². The number of nitrogens with one attached hydrogen (secondary N) is 2. The van der Waals surface area contributed by atoms with Gasteiger partial charge in [-0.2, -0.15) is 0 Å². The van der Waals surface area contributed by atoms with Gasteiger partial charge in [-0.05, 0) is 38.0 Å². The molecule has 0 radical (unpaired) electrons. The van der Waals surface area contributed by atoms with E-state index in [0.717, 1.165) is 5.56 Å². The van der Waals surface area contributed by atoms with Crippen molar-refractivity contribution in [2.45, 2.75) is 27.4 Å². The van der Waals surface area contributed by atoms with Crippen LogP contribution in [0.25, 0.3) is 0 Å². The molecule has 0 aliphatic heterocycles. The van der Waals surface area contributed by atoms with Crippen molar-refractivity contribution >= 4 is 17.4 Å². The van der Waals surface area contributed by atoms with E-state index < -0.39 is 0 Å². The monoisotopic (exact) mass is 363 g/mol. The number of hydrogen-bond acceptors (Lipinski definition) is 4. The molecule has 2 N–H and O–H groups in total. The summed E-state index contributed by atoms with van der Waals surface area (Å²) >= 11 is 0. The third-order valence-corrected chi connectivity index (χ3v) is 4.24. The van der Waals surface area contributed by atoms with Crippen LogP contribution in [0.5, 0.6) is 5.88 Å². The van der Waals surface area contributed by atoms with E-state index in [-0.39, 0.29) is 11.7 Å². The molecule has 1 aromatic carbocycles. The lowest BCUT2D eigenvalue weighted by Gasteiger charge is -2.07. The van der Waals surface area contributed by atoms with Crippen LogP contribution in [0.3, 0.4) is 0 Å². The second-order valence-electron chi connectivity index (χ2n) is 6.29. The highest BCUT2D eigenvalue weighted by Crippen LogP contribution is 2.20. The fraction of sp³-hybridized carbons (Fsp3) is 0.190. The fourth-order valence-corrected chi connectivity index (χ4v) is 2.97. The summed E-state index contributed by atoms with van der Waals surface area (Å²) in [5.74, 6) is 0.0901. The predicted octanol–water partition coefficient (Wildman–Crippen LogP) is 4.06. The van der Waals surface area contributed by atoms with Gasteiger partial charge in [-0.15, -0.1) is 0 Å². The summed E-state index contributed by atoms with van der Waals surface area (Å²) in [7, 11) is 0. The minimum atomic E-state index is -0.317. The van der Waals surface area contributed by atoms with Gasteiger partial charge in [0.2, 0.25) is 5.88 Å². The number of Topliss-reactive ketones (excluding diaryl/α,β-unsaturated/α-hetero) is 1. The Kier molecular flexibility index (Phi) is 5.35. The number of pyridine rings is 1. The van der Waals surface area contributed by atoms with Crippen LogP contribution in [0, 0.1) is 13.8 Å². The SMILES string of the molecule is CC(=O)c1c(C)[nH]c(C(=O)Nc2ccc(OCc3ccccc3)nc2)c1C. The molecule has 2 aromatic heterocycles. The highest BCUT2D eigenvalue weighted by Gasteiger charge is 2.19. The van der Waals surface area contributed by atoms with E-state index in [1.807, 2.05) is 30.3 Å². The molecule has 0 unspecified atom stereocenters. The molecule has 0 saturated carbocycles. The Labute approximate surface area is 157 Å². The zero-order valence-electron chi connectivity index (χ0n) is 15.5. The second-order valence-corrected chi connectivity index (χ2v) is 6.29. The lowest BCUT2D eigenvalue weighted by Crippen LogP contribution is -2.14. The van der Waals surface area contributed by atoms with E-state index in [1.165, 1.54) is 13.1 Å². The number of aromatic amines is 1. The van der Waals surface area contributed by atoms with E-state index >= 15 is 0 Å². The summed E-state index contributed by atoms with van der Waals surface area (Å²) in [6.45, 7) is 5.45. The van der Waals surface area contributed by atoms with Crippen LogP contribution >= 0.6 is 0 Å². The number of aryl methyl sites for hydroxylation is 1. The molecule has 138 valence electrons. The molecular formula is C21H21N3O3. The van der Waals surface area contributed by atoms with Crippen LogP contribution < -0.4 is 10.1 Å². The molecule has 3 aromatic rings. The first-order valence-electron chi connectivity index (χ1n) is 8.60. The van der Waals surface area contributed by atoms with Crippen molar-refractivity contribution in [1.29, 1.82) is 0 Å². The van der Waals surface area contributed by atoms with E-state index in [9.17, 15) is 9.59 Å². The average Bonchev–Trinajstić information content (AvgIpc) is 2.96. The van der Waals surface area contributed by atoms with E-state index in [0.29, 0.717) is 40.7 Å². The van der Waals surface area contributed by atoms with Crippen LogP contribution in [0.15, 0.2) is 48.7 Å². The standard InChI is InChI=1S/C21H21N3O3/c1-13-19(15(3)25)14(2)23-20(13)21(26)24-17-9-10-18(22-11-17)27-12-16-7-5-4-6-8-16/h4-11,23H,12H2,1-3H3,(H,24,26). The van der Waals surface area contributed by atoms with Crippen molar-refractivity contribution in [3.05, 3.63) is 76.7 Å². The van der Waals surface area contributed by atoms with Crippen LogP contribution in [0.1, 0.15) is 44.6 Å². The lowest BCUT2D eigenvalue weighted by atomic mass is 10.1. The normalized spacial score (nSPS) is 10.5. The summed E-state index contributed by atoms with van der Waals surface area (Å²) in [6, 6.07) is 13.2. The molecule has 0 saturated heterocycles. The number of amides is 1. The maximum absolute atomic E-state index is 12.5. The molecule has 1 amide bonds. The number of nitrogens with zero attached hydrogens (tertiary/aromatic N) is 1. The molecule has 0 bridgehead atoms. The van der Waals surface area contributed by atoms with Crippen LogP contribution in [0.2, 0.25) is 0 Å². The molecular weight excluding hydrogens is 342 g/mol. The average molecular weight is 363 g/mol. The first-order valence-corrected chi connectivity index (χ1v) is 8.60. The zero-order valence-corrected chi connectivity index (χ0v) is 15.5. The maximum atomic E-state index is 12.5. The Bertz CT molecular complexity index is 960. The van der Waals surface area contributed by atoms with Gasteiger partial charge in [0.15, 0.2) is 5.78 Å². The van der Waals surface area contributed by atoms with Crippen molar-refractivity contribution in [1.82, 2.24) is 9.97 Å². The van der Waals surface area contributed by atoms with E-state index in [2.05, 4.69) is 15.3 Å². The van der Waals surface area contributed by atoms with Gasteiger partial charge in [-0.1, -0.05) is 30.3 Å². The summed E-state index contributed by atoms with van der Waals surface area (Å²) in [5.41, 5.74) is 3.87. The zero-order chi connectivity index (χ0) is 19.4. The third-order valence-electron chi connectivity index (χ3n) is 4.24. The minimum Gasteiger partial charge on any atom is -0.473 e. The Morgan fingerprint density at radius 2 is 1.85 bits per heavy atom. The van der Waals surface area contributed by atoms with E-state index in [4.69, 9.17) is 4.74 Å². The van der Waals surface area contributed by atoms with Crippen LogP contribution in [-0.2, 0) is 6.61 Å². The minimum absolute atomic E-state index is 0.0677. The van der Waals surface area contributed by atoms with Gasteiger partial charge in [0, 0.05) is 17.3 Å². The maximum Gasteiger partial charge on any atom is 0.272 e. The molecule has 6 nitrogen and oxygen atoms in total. The van der Waals surface area contributed by atoms with Crippen molar-refractivity contribution in [3.63, 3.8) is 0 Å². The van der Waals surface area contributed by atoms with Gasteiger partial charge in [0.25, 0.3) is 5.91 Å². The molecule has 0 aliphatic rings. The highest BCUT2D eigenvalue weighted by molar-refractivity contribution is 6.07. The number of aromatic nitrogens is 2. The van der Waals surface area contributed by atoms with E-state index in [1.54, 1.807) is 26.0 Å². The number of ether oxygens (including phenoxy) is 1. The largest absolute Gasteiger partial charge is 0.473 e. The molecule has 0 atom stereocenters. The number of carbonyl (C=O) groups is 2. The van der Waals surface area contributed by atoms with Gasteiger partial charge >= 0.3 is 0 Å². The summed E-state index contributed by atoms with van der Waals surface area (Å²) < 4.78 is 5.63. The fourth-order valence-electron chi connectivity index (χ4n) is 2.97. The number of ketones is 1. The number of carbonyl (C=O) groups excluding carboxylic acids is 2. The molecule has 0 aliphatic carbocycles. The highest BCUT2D eigenvalue weighted by atomic mass is 16.5. The van der Waals surface area contributed by atoms with Crippen molar-refractivity contribution in [3.8, 4) is 5.88 Å². The first-order chi connectivity index (χ1) is 13.0. The summed E-state index contributed by atoms with van der Waals surface area (Å²) in [6.07, 6.45) is 1.54. The summed E-state index contributed by atoms with van der Waals surface area (Å²) in [5, 5.41) is 2.78. The Hall–Kier alpha value is -3.41. The van der Waals surface area contributed by atoms with Crippen LogP contribution in [0.4, 0.5) is 5.69 Å². The third kappa shape index (κ3) is 4.23. The van der Waals surface area contributed by atoms with Gasteiger partial charge in [-0.3, -0.25) is 9.59 Å². The Morgan fingerprint density at radius 3 is 2.44 bits per heavy atom. The number of H-pyrrole nitrogens is 1. The number of hydrogen-bond donors (Lipinski definition) is 2. The molecule has 2 heterocycles. The number of benzene rings is 1. The first kappa shape index (κ1) is 18.4. The topological polar surface area (TPSA) is 84.1 Å². The van der Waals surface area contributed by atoms with Crippen LogP contribution in [-0.4, -0.2) is 21.7 Å². The number of anilines is 1. The molecule has 0 spiro atoms. The molecule has 6 heteroatoms. The smallest absolute Gasteiger partial charge is 0.272 e. The van der Waals surface area contributed by atoms with Gasteiger partial charge in [0.1, 0.15) is 12.3 Å². The second kappa shape index (κ2) is 7.86. The summed E-state index contributed by atoms with van der Waals surface area (Å²) in [4.78, 5) is 31.4. The quantitative estimate of drug-likeness (QED) is 0.647.